The molecule has 79 valence electrons. The molecule has 1 radical (unpaired) electrons. The molecule has 0 aromatic heterocycles. The average Bonchev–Trinajstić information content (AvgIpc) is 2.20. The summed E-state index contributed by atoms with van der Waals surface area (Å²) in [6.07, 6.45) is 6.07. The van der Waals surface area contributed by atoms with E-state index in [1.54, 1.807) is 6.08 Å². The van der Waals surface area contributed by atoms with E-state index in [4.69, 9.17) is 0 Å². The zero-order valence-corrected chi connectivity index (χ0v) is 10.6. The fourth-order valence-corrected chi connectivity index (χ4v) is 1.52. The quantitative estimate of drug-likeness (QED) is 0.295. The van der Waals surface area contributed by atoms with Gasteiger partial charge in [-0.25, -0.2) is 0 Å². The molecule has 0 spiro atoms. The van der Waals surface area contributed by atoms with Crippen LogP contribution in [0.1, 0.15) is 19.8 Å². The van der Waals surface area contributed by atoms with Crippen molar-refractivity contribution in [3.63, 3.8) is 0 Å². The first-order valence-corrected chi connectivity index (χ1v) is 5.80. The van der Waals surface area contributed by atoms with Crippen LogP contribution in [0.4, 0.5) is 0 Å². The van der Waals surface area contributed by atoms with Gasteiger partial charge in [-0.3, -0.25) is 0 Å². The number of nitrogens with zero attached hydrogens (tertiary/aromatic N) is 2. The Balaban J connectivity index is 4.15. The molecule has 0 fully saturated rings. The number of amidine groups is 1. The Morgan fingerprint density at radius 3 is 2.64 bits per heavy atom. The second-order valence-corrected chi connectivity index (χ2v) is 3.77. The van der Waals surface area contributed by atoms with Gasteiger partial charge in [0.05, 0.1) is 0 Å². The summed E-state index contributed by atoms with van der Waals surface area (Å²) in [7, 11) is 0. The Labute approximate surface area is 95.6 Å². The summed E-state index contributed by atoms with van der Waals surface area (Å²) >= 11 is 2.99. The standard InChI is InChI=1S/C11H19N2Se/c1-4-7-10-13(9-6-3)11(14)12-8-5-2/h5-6H,2-4,7-10H2,1H3. The van der Waals surface area contributed by atoms with E-state index >= 15 is 0 Å². The van der Waals surface area contributed by atoms with E-state index in [2.05, 4.69) is 46.0 Å². The molecular formula is C11H19N2Se. The predicted octanol–water partition coefficient (Wildman–Crippen LogP) is 1.98. The molecular weight excluding hydrogens is 239 g/mol. The van der Waals surface area contributed by atoms with Gasteiger partial charge in [0.2, 0.25) is 0 Å². The van der Waals surface area contributed by atoms with Crippen LogP contribution in [0.25, 0.3) is 0 Å². The number of hydrogen-bond acceptors (Lipinski definition) is 1. The third kappa shape index (κ3) is 6.00. The third-order valence-corrected chi connectivity index (χ3v) is 2.57. The summed E-state index contributed by atoms with van der Waals surface area (Å²) in [5.41, 5.74) is 0. The van der Waals surface area contributed by atoms with E-state index in [1.807, 2.05) is 6.08 Å². The summed E-state index contributed by atoms with van der Waals surface area (Å²) in [4.78, 5) is 6.53. The number of rotatable bonds is 7. The summed E-state index contributed by atoms with van der Waals surface area (Å²) in [6, 6.07) is 0. The molecule has 0 amide bonds. The van der Waals surface area contributed by atoms with Crippen LogP contribution in [-0.4, -0.2) is 45.3 Å². The minimum absolute atomic E-state index is 0.669. The Morgan fingerprint density at radius 1 is 1.43 bits per heavy atom. The van der Waals surface area contributed by atoms with Gasteiger partial charge in [0.15, 0.2) is 0 Å². The van der Waals surface area contributed by atoms with Crippen molar-refractivity contribution in [3.8, 4) is 0 Å². The second-order valence-electron chi connectivity index (χ2n) is 3.00. The van der Waals surface area contributed by atoms with Crippen molar-refractivity contribution < 1.29 is 0 Å². The normalized spacial score (nSPS) is 11.1. The Bertz CT molecular complexity index is 199. The molecule has 14 heavy (non-hydrogen) atoms. The zero-order valence-electron chi connectivity index (χ0n) is 8.91. The number of aliphatic imine (C=N–C) groups is 1. The molecule has 0 aliphatic heterocycles. The van der Waals surface area contributed by atoms with Crippen LogP contribution in [0, 0.1) is 0 Å². The van der Waals surface area contributed by atoms with Crippen LogP contribution in [0.2, 0.25) is 0 Å². The van der Waals surface area contributed by atoms with E-state index < -0.39 is 0 Å². The van der Waals surface area contributed by atoms with Crippen molar-refractivity contribution in [2.75, 3.05) is 19.6 Å². The fourth-order valence-electron chi connectivity index (χ4n) is 1.01. The van der Waals surface area contributed by atoms with Crippen molar-refractivity contribution in [1.29, 1.82) is 0 Å². The molecule has 0 bridgehead atoms. The van der Waals surface area contributed by atoms with Gasteiger partial charge < -0.3 is 0 Å². The maximum absolute atomic E-state index is 4.34. The van der Waals surface area contributed by atoms with Gasteiger partial charge in [-0.2, -0.15) is 0 Å². The fraction of sp³-hybridized carbons (Fsp3) is 0.545. The van der Waals surface area contributed by atoms with Crippen molar-refractivity contribution in [1.82, 2.24) is 4.90 Å². The Hall–Kier alpha value is -0.531. The first-order valence-electron chi connectivity index (χ1n) is 4.94. The van der Waals surface area contributed by atoms with Gasteiger partial charge in [0.25, 0.3) is 0 Å². The molecule has 0 saturated carbocycles. The number of unbranched alkanes of at least 4 members (excludes halogenated alkanes) is 1. The SMILES string of the molecule is C=CCN=C([Se])N(CC=C)CCCC. The topological polar surface area (TPSA) is 15.6 Å². The van der Waals surface area contributed by atoms with Crippen molar-refractivity contribution in [2.24, 2.45) is 4.99 Å². The number of hydrogen-bond donors (Lipinski definition) is 0. The van der Waals surface area contributed by atoms with Gasteiger partial charge in [0, 0.05) is 0 Å². The third-order valence-electron chi connectivity index (χ3n) is 1.76. The Kier molecular flexibility index (Phi) is 8.70. The average molecular weight is 258 g/mol. The Morgan fingerprint density at radius 2 is 2.14 bits per heavy atom. The summed E-state index contributed by atoms with van der Waals surface area (Å²) in [5.74, 6) is 0. The van der Waals surface area contributed by atoms with Gasteiger partial charge in [0.1, 0.15) is 0 Å². The van der Waals surface area contributed by atoms with E-state index in [9.17, 15) is 0 Å². The van der Waals surface area contributed by atoms with Crippen LogP contribution < -0.4 is 0 Å². The molecule has 0 unspecified atom stereocenters. The molecule has 0 aliphatic rings. The molecule has 3 heteroatoms. The monoisotopic (exact) mass is 259 g/mol. The van der Waals surface area contributed by atoms with Crippen LogP contribution in [0.3, 0.4) is 0 Å². The van der Waals surface area contributed by atoms with Crippen LogP contribution in [-0.2, 0) is 0 Å². The van der Waals surface area contributed by atoms with Gasteiger partial charge in [-0.05, 0) is 0 Å². The zero-order chi connectivity index (χ0) is 10.8. The van der Waals surface area contributed by atoms with Crippen LogP contribution >= 0.6 is 0 Å². The molecule has 0 rings (SSSR count). The second kappa shape index (κ2) is 9.04. The van der Waals surface area contributed by atoms with Crippen LogP contribution in [0.15, 0.2) is 30.3 Å². The van der Waals surface area contributed by atoms with Crippen molar-refractivity contribution in [2.45, 2.75) is 19.8 Å². The van der Waals surface area contributed by atoms with E-state index in [-0.39, 0.29) is 0 Å². The first kappa shape index (κ1) is 13.5. The molecule has 0 atom stereocenters. The van der Waals surface area contributed by atoms with Crippen molar-refractivity contribution >= 4 is 20.7 Å². The summed E-state index contributed by atoms with van der Waals surface area (Å²) in [5, 5.41) is 0. The van der Waals surface area contributed by atoms with E-state index in [1.165, 1.54) is 12.8 Å². The van der Waals surface area contributed by atoms with E-state index in [0.29, 0.717) is 6.54 Å². The van der Waals surface area contributed by atoms with Gasteiger partial charge >= 0.3 is 95.3 Å². The predicted molar refractivity (Wildman–Crippen MR) is 64.9 cm³/mol. The van der Waals surface area contributed by atoms with Crippen molar-refractivity contribution in [3.05, 3.63) is 25.3 Å². The maximum atomic E-state index is 4.34. The molecule has 0 saturated heterocycles. The van der Waals surface area contributed by atoms with Gasteiger partial charge in [-0.15, -0.1) is 0 Å². The molecule has 0 aliphatic carbocycles. The molecule has 0 aromatic rings. The minimum atomic E-state index is 0.669. The first-order chi connectivity index (χ1) is 6.76. The molecule has 0 aromatic carbocycles. The van der Waals surface area contributed by atoms with Crippen LogP contribution in [0.5, 0.6) is 0 Å². The molecule has 2 nitrogen and oxygen atoms in total. The summed E-state index contributed by atoms with van der Waals surface area (Å²) in [6.45, 7) is 12.1. The van der Waals surface area contributed by atoms with E-state index in [0.717, 1.165) is 17.8 Å². The van der Waals surface area contributed by atoms with Gasteiger partial charge in [-0.1, -0.05) is 0 Å². The molecule has 0 N–H and O–H groups in total. The molecule has 0 heterocycles. The summed E-state index contributed by atoms with van der Waals surface area (Å²) < 4.78 is 0.957.